The minimum Gasteiger partial charge on any atom is -0.467 e. The first-order valence-electron chi connectivity index (χ1n) is 7.16. The summed E-state index contributed by atoms with van der Waals surface area (Å²) in [7, 11) is 3.44. The van der Waals surface area contributed by atoms with E-state index in [4.69, 9.17) is 0 Å². The normalized spacial score (nSPS) is 22.1. The fraction of sp³-hybridized carbons (Fsp3) is 0.562. The Morgan fingerprint density at radius 3 is 2.95 bits per heavy atom. The number of likely N-dealkylation sites (tertiary alicyclic amines) is 1. The monoisotopic (exact) mass is 277 g/mol. The summed E-state index contributed by atoms with van der Waals surface area (Å²) in [6.07, 6.45) is 2.27. The maximum atomic E-state index is 11.4. The highest BCUT2D eigenvalue weighted by Crippen LogP contribution is 2.29. The molecule has 0 saturated carbocycles. The second-order valence-electron chi connectivity index (χ2n) is 5.53. The van der Waals surface area contributed by atoms with E-state index in [0.717, 1.165) is 25.9 Å². The van der Waals surface area contributed by atoms with Gasteiger partial charge in [-0.25, -0.2) is 4.79 Å². The predicted octanol–water partition coefficient (Wildman–Crippen LogP) is 2.09. The average Bonchev–Trinajstić information content (AvgIpc) is 2.70. The van der Waals surface area contributed by atoms with Crippen molar-refractivity contribution in [1.29, 1.82) is 0 Å². The molecule has 0 radical (unpaired) electrons. The van der Waals surface area contributed by atoms with Crippen molar-refractivity contribution in [3.8, 4) is 0 Å². The topological polar surface area (TPSA) is 49.8 Å². The van der Waals surface area contributed by atoms with E-state index in [2.05, 4.69) is 22.8 Å². The Morgan fingerprint density at radius 1 is 1.40 bits per heavy atom. The van der Waals surface area contributed by atoms with Crippen LogP contribution in [0.25, 0.3) is 0 Å². The third-order valence-corrected chi connectivity index (χ3v) is 4.07. The molecule has 0 aromatic heterocycles. The Hall–Kier alpha value is -1.39. The number of benzene rings is 1. The van der Waals surface area contributed by atoms with E-state index in [1.54, 1.807) is 6.07 Å². The van der Waals surface area contributed by atoms with E-state index in [9.17, 15) is 9.90 Å². The van der Waals surface area contributed by atoms with Gasteiger partial charge in [-0.3, -0.25) is 0 Å². The van der Waals surface area contributed by atoms with Gasteiger partial charge in [-0.2, -0.15) is 0 Å². The van der Waals surface area contributed by atoms with Gasteiger partial charge in [0.1, 0.15) is 0 Å². The molecule has 4 nitrogen and oxygen atoms in total. The molecule has 4 heteroatoms. The number of methoxy groups -OCH3 is 1. The van der Waals surface area contributed by atoms with E-state index in [1.165, 1.54) is 19.1 Å². The number of carbonyl (C=O) groups is 1. The van der Waals surface area contributed by atoms with Crippen LogP contribution in [0.3, 0.4) is 0 Å². The summed E-state index contributed by atoms with van der Waals surface area (Å²) >= 11 is 0. The Labute approximate surface area is 120 Å². The fourth-order valence-corrected chi connectivity index (χ4v) is 2.80. The molecule has 110 valence electrons. The molecule has 20 heavy (non-hydrogen) atoms. The van der Waals surface area contributed by atoms with E-state index >= 15 is 0 Å². The molecule has 1 aromatic rings. The number of aliphatic hydroxyl groups is 1. The van der Waals surface area contributed by atoms with Gasteiger partial charge in [0.2, 0.25) is 0 Å². The first-order chi connectivity index (χ1) is 9.61. The van der Waals surface area contributed by atoms with Crippen LogP contribution < -0.4 is 0 Å². The van der Waals surface area contributed by atoms with Crippen molar-refractivity contribution >= 4 is 5.97 Å². The molecule has 0 spiro atoms. The van der Waals surface area contributed by atoms with Gasteiger partial charge >= 0.3 is 5.97 Å². The smallest absolute Gasteiger partial charge is 0.339 e. The number of esters is 1. The first-order valence-corrected chi connectivity index (χ1v) is 7.16. The van der Waals surface area contributed by atoms with Crippen LogP contribution in [0.2, 0.25) is 0 Å². The van der Waals surface area contributed by atoms with Gasteiger partial charge in [-0.05, 0) is 56.4 Å². The summed E-state index contributed by atoms with van der Waals surface area (Å²) < 4.78 is 4.59. The quantitative estimate of drug-likeness (QED) is 0.860. The molecule has 1 aromatic carbocycles. The Morgan fingerprint density at radius 2 is 2.20 bits per heavy atom. The van der Waals surface area contributed by atoms with Crippen molar-refractivity contribution in [2.75, 3.05) is 27.2 Å². The molecule has 2 atom stereocenters. The van der Waals surface area contributed by atoms with Gasteiger partial charge in [0.25, 0.3) is 0 Å². The van der Waals surface area contributed by atoms with Crippen LogP contribution in [0.5, 0.6) is 0 Å². The zero-order chi connectivity index (χ0) is 14.5. The molecule has 2 rings (SSSR count). The zero-order valence-corrected chi connectivity index (χ0v) is 12.2. The van der Waals surface area contributed by atoms with Crippen LogP contribution >= 0.6 is 0 Å². The molecular weight excluding hydrogens is 254 g/mol. The van der Waals surface area contributed by atoms with Crippen molar-refractivity contribution in [3.05, 3.63) is 35.4 Å². The van der Waals surface area contributed by atoms with Crippen molar-refractivity contribution in [2.24, 2.45) is 0 Å². The highest BCUT2D eigenvalue weighted by molar-refractivity contribution is 5.76. The SMILES string of the molecule is COC(=O)C(O)c1cccc(C2CCCN(C)CC2)c1. The van der Waals surface area contributed by atoms with E-state index in [1.807, 2.05) is 12.1 Å². The number of hydrogen-bond acceptors (Lipinski definition) is 4. The van der Waals surface area contributed by atoms with Crippen molar-refractivity contribution < 1.29 is 14.6 Å². The number of carbonyl (C=O) groups excluding carboxylic acids is 1. The lowest BCUT2D eigenvalue weighted by atomic mass is 9.90. The molecule has 1 N–H and O–H groups in total. The van der Waals surface area contributed by atoms with Crippen LogP contribution in [-0.4, -0.2) is 43.2 Å². The predicted molar refractivity (Wildman–Crippen MR) is 77.5 cm³/mol. The summed E-state index contributed by atoms with van der Waals surface area (Å²) in [5.74, 6) is -0.104. The molecule has 0 aliphatic carbocycles. The molecule has 2 unspecified atom stereocenters. The summed E-state index contributed by atoms with van der Waals surface area (Å²) in [4.78, 5) is 13.8. The third kappa shape index (κ3) is 3.58. The number of rotatable bonds is 3. The Kier molecular flexibility index (Phi) is 5.15. The standard InChI is InChI=1S/C16H23NO3/c1-17-9-4-7-12(8-10-17)13-5-3-6-14(11-13)15(18)16(19)20-2/h3,5-6,11-12,15,18H,4,7-10H2,1-2H3. The van der Waals surface area contributed by atoms with Crippen LogP contribution in [0.4, 0.5) is 0 Å². The Balaban J connectivity index is 2.14. The lowest BCUT2D eigenvalue weighted by molar-refractivity contribution is -0.150. The molecule has 1 aliphatic heterocycles. The highest BCUT2D eigenvalue weighted by atomic mass is 16.5. The number of aliphatic hydroxyl groups excluding tert-OH is 1. The lowest BCUT2D eigenvalue weighted by Gasteiger charge is -2.17. The number of nitrogens with zero attached hydrogens (tertiary/aromatic N) is 1. The summed E-state index contributed by atoms with van der Waals surface area (Å²) in [6.45, 7) is 2.23. The molecule has 0 bridgehead atoms. The Bertz CT molecular complexity index is 461. The van der Waals surface area contributed by atoms with Gasteiger partial charge in [0.15, 0.2) is 6.10 Å². The van der Waals surface area contributed by atoms with E-state index in [-0.39, 0.29) is 0 Å². The molecule has 0 amide bonds. The van der Waals surface area contributed by atoms with Gasteiger partial charge < -0.3 is 14.7 Å². The van der Waals surface area contributed by atoms with Crippen LogP contribution in [0, 0.1) is 0 Å². The summed E-state index contributed by atoms with van der Waals surface area (Å²) in [5.41, 5.74) is 1.83. The van der Waals surface area contributed by atoms with Crippen molar-refractivity contribution in [1.82, 2.24) is 4.90 Å². The average molecular weight is 277 g/mol. The molecular formula is C16H23NO3. The molecule has 1 saturated heterocycles. The van der Waals surface area contributed by atoms with Crippen LogP contribution in [0.15, 0.2) is 24.3 Å². The van der Waals surface area contributed by atoms with Gasteiger partial charge in [-0.15, -0.1) is 0 Å². The second kappa shape index (κ2) is 6.86. The third-order valence-electron chi connectivity index (χ3n) is 4.07. The van der Waals surface area contributed by atoms with Gasteiger partial charge in [-0.1, -0.05) is 24.3 Å². The van der Waals surface area contributed by atoms with Crippen molar-refractivity contribution in [2.45, 2.75) is 31.3 Å². The van der Waals surface area contributed by atoms with E-state index < -0.39 is 12.1 Å². The molecule has 1 aliphatic rings. The first kappa shape index (κ1) is 15.0. The van der Waals surface area contributed by atoms with Gasteiger partial charge in [0.05, 0.1) is 7.11 Å². The van der Waals surface area contributed by atoms with Gasteiger partial charge in [0, 0.05) is 0 Å². The van der Waals surface area contributed by atoms with Crippen LogP contribution in [0.1, 0.15) is 42.4 Å². The minimum absolute atomic E-state index is 0.504. The number of hydrogen-bond donors (Lipinski definition) is 1. The summed E-state index contributed by atoms with van der Waals surface area (Å²) in [5, 5.41) is 9.93. The zero-order valence-electron chi connectivity index (χ0n) is 12.2. The largest absolute Gasteiger partial charge is 0.467 e. The minimum atomic E-state index is -1.19. The fourth-order valence-electron chi connectivity index (χ4n) is 2.80. The summed E-state index contributed by atoms with van der Waals surface area (Å²) in [6, 6.07) is 7.71. The molecule has 1 heterocycles. The maximum Gasteiger partial charge on any atom is 0.339 e. The number of ether oxygens (including phenoxy) is 1. The van der Waals surface area contributed by atoms with Crippen molar-refractivity contribution in [3.63, 3.8) is 0 Å². The maximum absolute atomic E-state index is 11.4. The highest BCUT2D eigenvalue weighted by Gasteiger charge is 2.21. The lowest BCUT2D eigenvalue weighted by Crippen LogP contribution is -2.18. The molecule has 1 fully saturated rings. The second-order valence-corrected chi connectivity index (χ2v) is 5.53. The van der Waals surface area contributed by atoms with Crippen LogP contribution in [-0.2, 0) is 9.53 Å². The van der Waals surface area contributed by atoms with E-state index in [0.29, 0.717) is 11.5 Å².